The van der Waals surface area contributed by atoms with Gasteiger partial charge in [0.2, 0.25) is 5.91 Å². The van der Waals surface area contributed by atoms with Crippen LogP contribution in [0.3, 0.4) is 0 Å². The Morgan fingerprint density at radius 3 is 3.00 bits per heavy atom. The highest BCUT2D eigenvalue weighted by Crippen LogP contribution is 2.36. The molecular weight excluding hydrogens is 180 g/mol. The molecule has 5 nitrogen and oxygen atoms in total. The number of rotatable bonds is 3. The molecule has 14 heavy (non-hydrogen) atoms. The lowest BCUT2D eigenvalue weighted by Gasteiger charge is -2.20. The van der Waals surface area contributed by atoms with E-state index in [0.717, 1.165) is 19.3 Å². The van der Waals surface area contributed by atoms with Crippen molar-refractivity contribution in [2.24, 2.45) is 5.73 Å². The van der Waals surface area contributed by atoms with Gasteiger partial charge in [-0.2, -0.15) is 5.26 Å². The molecule has 0 aliphatic carbocycles. The maximum atomic E-state index is 10.6. The zero-order valence-corrected chi connectivity index (χ0v) is 7.94. The van der Waals surface area contributed by atoms with Crippen LogP contribution in [0.15, 0.2) is 0 Å². The van der Waals surface area contributed by atoms with Crippen molar-refractivity contribution in [3.63, 3.8) is 0 Å². The molecule has 76 valence electrons. The van der Waals surface area contributed by atoms with Crippen molar-refractivity contribution in [1.29, 1.82) is 5.26 Å². The third-order valence-electron chi connectivity index (χ3n) is 3.19. The fourth-order valence-corrected chi connectivity index (χ4v) is 2.60. The molecule has 2 bridgehead atoms. The van der Waals surface area contributed by atoms with Crippen molar-refractivity contribution in [1.82, 2.24) is 10.2 Å². The molecule has 3 atom stereocenters. The number of nitrogens with zero attached hydrogens (tertiary/aromatic N) is 2. The lowest BCUT2D eigenvalue weighted by molar-refractivity contribution is -0.117. The molecule has 0 aromatic carbocycles. The molecule has 2 aliphatic rings. The Morgan fingerprint density at radius 2 is 2.43 bits per heavy atom. The van der Waals surface area contributed by atoms with E-state index in [2.05, 4.69) is 11.5 Å². The molecule has 5 heteroatoms. The summed E-state index contributed by atoms with van der Waals surface area (Å²) < 4.78 is 0. The van der Waals surface area contributed by atoms with Crippen LogP contribution in [0.4, 0.5) is 0 Å². The van der Waals surface area contributed by atoms with Crippen LogP contribution in [0.25, 0.3) is 0 Å². The van der Waals surface area contributed by atoms with E-state index in [0.29, 0.717) is 6.04 Å². The molecule has 0 saturated carbocycles. The van der Waals surface area contributed by atoms with Gasteiger partial charge in [0.05, 0.1) is 12.6 Å². The number of nitrogens with two attached hydrogens (primary N) is 1. The minimum atomic E-state index is -0.337. The van der Waals surface area contributed by atoms with Crippen molar-refractivity contribution in [3.8, 4) is 6.19 Å². The normalized spacial score (nSPS) is 34.5. The third-order valence-corrected chi connectivity index (χ3v) is 3.19. The summed E-state index contributed by atoms with van der Waals surface area (Å²) in [5, 5.41) is 12.0. The number of hydrogen-bond donors (Lipinski definition) is 2. The zero-order valence-electron chi connectivity index (χ0n) is 7.94. The van der Waals surface area contributed by atoms with Gasteiger partial charge >= 0.3 is 0 Å². The van der Waals surface area contributed by atoms with E-state index < -0.39 is 0 Å². The van der Waals surface area contributed by atoms with E-state index in [1.807, 2.05) is 4.90 Å². The minimum absolute atomic E-state index is 0.215. The first-order valence-electron chi connectivity index (χ1n) is 4.92. The van der Waals surface area contributed by atoms with Crippen molar-refractivity contribution < 1.29 is 4.79 Å². The molecule has 0 aromatic heterocycles. The van der Waals surface area contributed by atoms with Gasteiger partial charge in [-0.3, -0.25) is 4.79 Å². The van der Waals surface area contributed by atoms with Gasteiger partial charge in [0, 0.05) is 12.1 Å². The van der Waals surface area contributed by atoms with Crippen molar-refractivity contribution in [3.05, 3.63) is 0 Å². The summed E-state index contributed by atoms with van der Waals surface area (Å²) in [4.78, 5) is 12.5. The molecule has 2 saturated heterocycles. The van der Waals surface area contributed by atoms with Crippen molar-refractivity contribution >= 4 is 5.91 Å². The van der Waals surface area contributed by atoms with Gasteiger partial charge in [-0.1, -0.05) is 0 Å². The molecule has 3 N–H and O–H groups in total. The summed E-state index contributed by atoms with van der Waals surface area (Å²) >= 11 is 0. The van der Waals surface area contributed by atoms with Crippen LogP contribution < -0.4 is 11.1 Å². The maximum Gasteiger partial charge on any atom is 0.231 e. The number of primary amides is 1. The van der Waals surface area contributed by atoms with E-state index in [1.165, 1.54) is 0 Å². The van der Waals surface area contributed by atoms with Gasteiger partial charge in [-0.25, -0.2) is 0 Å². The Bertz CT molecular complexity index is 285. The van der Waals surface area contributed by atoms with Gasteiger partial charge in [0.15, 0.2) is 6.19 Å². The number of carbonyl (C=O) groups is 1. The van der Waals surface area contributed by atoms with E-state index in [9.17, 15) is 4.79 Å². The monoisotopic (exact) mass is 194 g/mol. The second kappa shape index (κ2) is 3.46. The predicted octanol–water partition coefficient (Wildman–Crippen LogP) is -0.852. The Hall–Kier alpha value is -1.28. The molecule has 2 fully saturated rings. The van der Waals surface area contributed by atoms with Crippen LogP contribution in [-0.2, 0) is 4.79 Å². The third kappa shape index (κ3) is 1.42. The van der Waals surface area contributed by atoms with Gasteiger partial charge < -0.3 is 16.0 Å². The van der Waals surface area contributed by atoms with Gasteiger partial charge in [-0.15, -0.1) is 0 Å². The van der Waals surface area contributed by atoms with E-state index in [4.69, 9.17) is 11.0 Å². The molecule has 0 aromatic rings. The molecule has 2 rings (SSSR count). The van der Waals surface area contributed by atoms with Crippen LogP contribution in [0.1, 0.15) is 19.3 Å². The number of hydrogen-bond acceptors (Lipinski definition) is 4. The van der Waals surface area contributed by atoms with Crippen LogP contribution in [-0.4, -0.2) is 35.5 Å². The number of nitriles is 1. The average Bonchev–Trinajstić information content (AvgIpc) is 2.70. The van der Waals surface area contributed by atoms with E-state index in [1.54, 1.807) is 0 Å². The average molecular weight is 194 g/mol. The van der Waals surface area contributed by atoms with Crippen molar-refractivity contribution in [2.75, 3.05) is 6.54 Å². The Morgan fingerprint density at radius 1 is 1.64 bits per heavy atom. The quantitative estimate of drug-likeness (QED) is 0.573. The highest BCUT2D eigenvalue weighted by atomic mass is 16.1. The SMILES string of the molecule is N#CN1[C@H]2CC[C@@H]1[C@H](NCC(N)=O)C2. The summed E-state index contributed by atoms with van der Waals surface area (Å²) in [6.07, 6.45) is 5.34. The summed E-state index contributed by atoms with van der Waals surface area (Å²) in [6, 6.07) is 0.931. The zero-order chi connectivity index (χ0) is 10.1. The van der Waals surface area contributed by atoms with Crippen LogP contribution >= 0.6 is 0 Å². The molecule has 1 amide bonds. The van der Waals surface area contributed by atoms with Gasteiger partial charge in [0.1, 0.15) is 0 Å². The summed E-state index contributed by atoms with van der Waals surface area (Å²) in [6.45, 7) is 0.215. The lowest BCUT2D eigenvalue weighted by atomic mass is 9.95. The standard InChI is InChI=1S/C9H14N4O/c10-5-13-6-1-2-8(13)7(3-6)12-4-9(11)14/h6-8,12H,1-4H2,(H2,11,14)/t6-,7+,8+/m0/s1. The molecule has 0 spiro atoms. The highest BCUT2D eigenvalue weighted by Gasteiger charge is 2.45. The molecular formula is C9H14N4O. The number of amides is 1. The smallest absolute Gasteiger partial charge is 0.231 e. The summed E-state index contributed by atoms with van der Waals surface area (Å²) in [5.74, 6) is -0.337. The molecule has 2 aliphatic heterocycles. The molecule has 0 radical (unpaired) electrons. The molecule has 2 heterocycles. The summed E-state index contributed by atoms with van der Waals surface area (Å²) in [7, 11) is 0. The highest BCUT2D eigenvalue weighted by molar-refractivity contribution is 5.75. The summed E-state index contributed by atoms with van der Waals surface area (Å²) in [5.41, 5.74) is 5.06. The Kier molecular flexibility index (Phi) is 2.30. The van der Waals surface area contributed by atoms with Gasteiger partial charge in [0.25, 0.3) is 0 Å². The Labute approximate surface area is 82.9 Å². The fourth-order valence-electron chi connectivity index (χ4n) is 2.60. The Balaban J connectivity index is 1.92. The maximum absolute atomic E-state index is 10.6. The van der Waals surface area contributed by atoms with Crippen LogP contribution in [0.5, 0.6) is 0 Å². The second-order valence-electron chi connectivity index (χ2n) is 4.00. The van der Waals surface area contributed by atoms with E-state index >= 15 is 0 Å². The number of fused-ring (bicyclic) bond motifs is 2. The topological polar surface area (TPSA) is 82.2 Å². The van der Waals surface area contributed by atoms with E-state index in [-0.39, 0.29) is 24.5 Å². The largest absolute Gasteiger partial charge is 0.369 e. The second-order valence-corrected chi connectivity index (χ2v) is 4.00. The first kappa shape index (κ1) is 9.28. The number of nitrogens with one attached hydrogen (secondary N) is 1. The van der Waals surface area contributed by atoms with Gasteiger partial charge in [-0.05, 0) is 19.3 Å². The minimum Gasteiger partial charge on any atom is -0.369 e. The van der Waals surface area contributed by atoms with Crippen LogP contribution in [0.2, 0.25) is 0 Å². The van der Waals surface area contributed by atoms with Crippen molar-refractivity contribution in [2.45, 2.75) is 37.4 Å². The lowest BCUT2D eigenvalue weighted by Crippen LogP contribution is -2.43. The first-order chi connectivity index (χ1) is 6.72. The fraction of sp³-hybridized carbons (Fsp3) is 0.778. The number of carbonyl (C=O) groups excluding carboxylic acids is 1. The predicted molar refractivity (Wildman–Crippen MR) is 49.9 cm³/mol. The first-order valence-corrected chi connectivity index (χ1v) is 4.92. The van der Waals surface area contributed by atoms with Crippen LogP contribution in [0, 0.1) is 11.5 Å². The molecule has 0 unspecified atom stereocenters.